The zero-order chi connectivity index (χ0) is 11.7. The van der Waals surface area contributed by atoms with Gasteiger partial charge in [-0.15, -0.1) is 11.3 Å². The van der Waals surface area contributed by atoms with Crippen LogP contribution in [0, 0.1) is 0 Å². The highest BCUT2D eigenvalue weighted by molar-refractivity contribution is 7.09. The van der Waals surface area contributed by atoms with Crippen molar-refractivity contribution in [2.24, 2.45) is 0 Å². The third-order valence-electron chi connectivity index (χ3n) is 2.99. The van der Waals surface area contributed by atoms with Crippen LogP contribution < -0.4 is 5.32 Å². The minimum Gasteiger partial charge on any atom is -0.301 e. The number of aromatic nitrogens is 3. The monoisotopic (exact) mass is 248 g/mol. The summed E-state index contributed by atoms with van der Waals surface area (Å²) < 4.78 is 1.96. The quantitative estimate of drug-likeness (QED) is 0.882. The molecular weight excluding hydrogens is 232 g/mol. The molecule has 0 aromatic carbocycles. The highest BCUT2D eigenvalue weighted by Gasteiger charge is 2.28. The summed E-state index contributed by atoms with van der Waals surface area (Å²) in [7, 11) is 0. The molecule has 0 aliphatic heterocycles. The summed E-state index contributed by atoms with van der Waals surface area (Å²) in [6, 6.07) is 0.872. The summed E-state index contributed by atoms with van der Waals surface area (Å²) >= 11 is 1.70. The summed E-state index contributed by atoms with van der Waals surface area (Å²) in [5.41, 5.74) is 1.22. The molecule has 1 aliphatic rings. The van der Waals surface area contributed by atoms with Crippen molar-refractivity contribution in [3.05, 3.63) is 34.5 Å². The van der Waals surface area contributed by atoms with Gasteiger partial charge in [-0.3, -0.25) is 4.68 Å². The highest BCUT2D eigenvalue weighted by atomic mass is 32.1. The lowest BCUT2D eigenvalue weighted by Crippen LogP contribution is -2.24. The topological polar surface area (TPSA) is 42.7 Å². The van der Waals surface area contributed by atoms with E-state index in [1.54, 1.807) is 11.3 Å². The molecule has 0 bridgehead atoms. The molecule has 0 saturated heterocycles. The number of rotatable bonds is 5. The van der Waals surface area contributed by atoms with Crippen LogP contribution in [0.3, 0.4) is 0 Å². The van der Waals surface area contributed by atoms with Gasteiger partial charge in [0.05, 0.1) is 12.2 Å². The van der Waals surface area contributed by atoms with Crippen LogP contribution in [0.15, 0.2) is 24.0 Å². The Bertz CT molecular complexity index is 472. The first kappa shape index (κ1) is 10.9. The molecule has 1 N–H and O–H groups in total. The molecule has 1 unspecified atom stereocenters. The largest absolute Gasteiger partial charge is 0.301 e. The Morgan fingerprint density at radius 3 is 3.06 bits per heavy atom. The highest BCUT2D eigenvalue weighted by Crippen LogP contribution is 2.29. The smallest absolute Gasteiger partial charge is 0.114 e. The molecule has 0 radical (unpaired) electrons. The van der Waals surface area contributed by atoms with Gasteiger partial charge >= 0.3 is 0 Å². The van der Waals surface area contributed by atoms with Crippen molar-refractivity contribution < 1.29 is 0 Å². The predicted molar refractivity (Wildman–Crippen MR) is 68.0 cm³/mol. The Morgan fingerprint density at radius 1 is 1.59 bits per heavy atom. The first-order valence-corrected chi connectivity index (χ1v) is 6.92. The summed E-state index contributed by atoms with van der Waals surface area (Å²) in [6.07, 6.45) is 8.49. The lowest BCUT2D eigenvalue weighted by Gasteiger charge is -2.14. The molecule has 1 saturated carbocycles. The van der Waals surface area contributed by atoms with Crippen LogP contribution in [0.4, 0.5) is 0 Å². The Hall–Kier alpha value is -1.20. The van der Waals surface area contributed by atoms with E-state index in [0.717, 1.165) is 11.6 Å². The van der Waals surface area contributed by atoms with Crippen LogP contribution in [0.5, 0.6) is 0 Å². The minimum atomic E-state index is 0.211. The second kappa shape index (κ2) is 4.58. The maximum atomic E-state index is 4.43. The second-order valence-electron chi connectivity index (χ2n) is 4.37. The fraction of sp³-hybridized carbons (Fsp3) is 0.500. The van der Waals surface area contributed by atoms with Crippen molar-refractivity contribution in [3.63, 3.8) is 0 Å². The van der Waals surface area contributed by atoms with Gasteiger partial charge in [0.1, 0.15) is 5.01 Å². The number of aryl methyl sites for hydroxylation is 1. The number of thiazole rings is 1. The van der Waals surface area contributed by atoms with Gasteiger partial charge in [0.15, 0.2) is 0 Å². The standard InChI is InChI=1S/C12H16N4S/c1-2-16-8-9(7-14-16)11(15-10-3-4-10)12-13-5-6-17-12/h5-8,10-11,15H,2-4H2,1H3. The van der Waals surface area contributed by atoms with E-state index in [0.29, 0.717) is 6.04 Å². The lowest BCUT2D eigenvalue weighted by atomic mass is 10.1. The van der Waals surface area contributed by atoms with Gasteiger partial charge in [0.2, 0.25) is 0 Å². The number of hydrogen-bond acceptors (Lipinski definition) is 4. The fourth-order valence-electron chi connectivity index (χ4n) is 1.87. The summed E-state index contributed by atoms with van der Waals surface area (Å²) in [5, 5.41) is 11.1. The maximum Gasteiger partial charge on any atom is 0.114 e. The van der Waals surface area contributed by atoms with E-state index in [-0.39, 0.29) is 6.04 Å². The molecule has 1 aliphatic carbocycles. The van der Waals surface area contributed by atoms with E-state index >= 15 is 0 Å². The summed E-state index contributed by atoms with van der Waals surface area (Å²) in [6.45, 7) is 3.01. The molecule has 2 aromatic heterocycles. The average Bonchev–Trinajstić information content (AvgIpc) is 2.87. The third-order valence-corrected chi connectivity index (χ3v) is 3.83. The van der Waals surface area contributed by atoms with Crippen molar-refractivity contribution in [3.8, 4) is 0 Å². The Labute approximate surface area is 105 Å². The van der Waals surface area contributed by atoms with Crippen LogP contribution in [0.25, 0.3) is 0 Å². The summed E-state index contributed by atoms with van der Waals surface area (Å²) in [5.74, 6) is 0. The third kappa shape index (κ3) is 2.40. The zero-order valence-corrected chi connectivity index (χ0v) is 10.7. The van der Waals surface area contributed by atoms with Crippen LogP contribution in [0.1, 0.15) is 36.4 Å². The van der Waals surface area contributed by atoms with Gasteiger partial charge in [-0.05, 0) is 19.8 Å². The normalized spacial score (nSPS) is 17.2. The summed E-state index contributed by atoms with van der Waals surface area (Å²) in [4.78, 5) is 4.43. The van der Waals surface area contributed by atoms with E-state index < -0.39 is 0 Å². The Morgan fingerprint density at radius 2 is 2.47 bits per heavy atom. The van der Waals surface area contributed by atoms with Crippen molar-refractivity contribution >= 4 is 11.3 Å². The van der Waals surface area contributed by atoms with Crippen LogP contribution >= 0.6 is 11.3 Å². The van der Waals surface area contributed by atoms with Gasteiger partial charge in [-0.25, -0.2) is 4.98 Å². The van der Waals surface area contributed by atoms with Crippen LogP contribution in [0.2, 0.25) is 0 Å². The maximum absolute atomic E-state index is 4.43. The SMILES string of the molecule is CCn1cc(C(NC2CC2)c2nccs2)cn1. The van der Waals surface area contributed by atoms with Crippen molar-refractivity contribution in [2.75, 3.05) is 0 Å². The molecule has 4 nitrogen and oxygen atoms in total. The molecule has 5 heteroatoms. The number of nitrogens with one attached hydrogen (secondary N) is 1. The second-order valence-corrected chi connectivity index (χ2v) is 5.30. The van der Waals surface area contributed by atoms with Gasteiger partial charge in [0.25, 0.3) is 0 Å². The van der Waals surface area contributed by atoms with Crippen molar-refractivity contribution in [1.82, 2.24) is 20.1 Å². The Balaban J connectivity index is 1.86. The van der Waals surface area contributed by atoms with Crippen LogP contribution in [-0.4, -0.2) is 20.8 Å². The molecule has 1 fully saturated rings. The first-order chi connectivity index (χ1) is 8.36. The van der Waals surface area contributed by atoms with Crippen molar-refractivity contribution in [2.45, 2.75) is 38.4 Å². The van der Waals surface area contributed by atoms with E-state index in [4.69, 9.17) is 0 Å². The molecule has 2 aromatic rings. The number of hydrogen-bond donors (Lipinski definition) is 1. The van der Waals surface area contributed by atoms with Crippen LogP contribution in [-0.2, 0) is 6.54 Å². The molecular formula is C12H16N4S. The van der Waals surface area contributed by atoms with Crippen molar-refractivity contribution in [1.29, 1.82) is 0 Å². The fourth-order valence-corrected chi connectivity index (χ4v) is 2.60. The lowest BCUT2D eigenvalue weighted by molar-refractivity contribution is 0.595. The Kier molecular flexibility index (Phi) is 2.94. The molecule has 2 heterocycles. The number of nitrogens with zero attached hydrogens (tertiary/aromatic N) is 3. The van der Waals surface area contributed by atoms with Gasteiger partial charge in [-0.2, -0.15) is 5.10 Å². The minimum absolute atomic E-state index is 0.211. The molecule has 1 atom stereocenters. The predicted octanol–water partition coefficient (Wildman–Crippen LogP) is 2.20. The van der Waals surface area contributed by atoms with E-state index in [9.17, 15) is 0 Å². The van der Waals surface area contributed by atoms with Gasteiger partial charge < -0.3 is 5.32 Å². The van der Waals surface area contributed by atoms with E-state index in [1.165, 1.54) is 18.4 Å². The molecule has 17 heavy (non-hydrogen) atoms. The van der Waals surface area contributed by atoms with E-state index in [1.807, 2.05) is 22.5 Å². The zero-order valence-electron chi connectivity index (χ0n) is 9.84. The average molecular weight is 248 g/mol. The van der Waals surface area contributed by atoms with Gasteiger partial charge in [0, 0.05) is 35.9 Å². The molecule has 3 rings (SSSR count). The molecule has 0 amide bonds. The molecule has 90 valence electrons. The van der Waals surface area contributed by atoms with Gasteiger partial charge in [-0.1, -0.05) is 0 Å². The molecule has 0 spiro atoms. The first-order valence-electron chi connectivity index (χ1n) is 6.04. The van der Waals surface area contributed by atoms with E-state index in [2.05, 4.69) is 28.5 Å².